The van der Waals surface area contributed by atoms with Gasteiger partial charge >= 0.3 is 345 Å². The summed E-state index contributed by atoms with van der Waals surface area (Å²) in [4.78, 5) is 31.9. The number of hydrogen-bond acceptors (Lipinski definition) is 2. The van der Waals surface area contributed by atoms with E-state index in [1.54, 1.807) is 24.3 Å². The van der Waals surface area contributed by atoms with Crippen LogP contribution < -0.4 is 17.5 Å². The third-order valence-corrected chi connectivity index (χ3v) is 21.0. The number of halogens is 4. The van der Waals surface area contributed by atoms with Gasteiger partial charge < -0.3 is 0 Å². The van der Waals surface area contributed by atoms with Crippen LogP contribution in [-0.2, 0) is 26.2 Å². The monoisotopic (exact) mass is 826 g/mol. The van der Waals surface area contributed by atoms with Crippen LogP contribution >= 0.6 is 0 Å². The van der Waals surface area contributed by atoms with Crippen LogP contribution in [0.15, 0.2) is 68.5 Å². The number of carbonyl (C=O) groups is 2. The molecule has 0 aromatic heterocycles. The fraction of sp³-hybridized carbons (Fsp3) is 0.542. The van der Waals surface area contributed by atoms with Crippen molar-refractivity contribution in [2.45, 2.75) is 145 Å². The molecule has 4 nitrogen and oxygen atoms in total. The number of benzene rings is 2. The Labute approximate surface area is 343 Å². The summed E-state index contributed by atoms with van der Waals surface area (Å²) < 4.78 is 71.0. The average molecular weight is 827 g/mol. The van der Waals surface area contributed by atoms with Gasteiger partial charge in [0.05, 0.1) is 0 Å². The van der Waals surface area contributed by atoms with Crippen LogP contribution in [0.1, 0.15) is 145 Å². The summed E-state index contributed by atoms with van der Waals surface area (Å²) in [5.41, 5.74) is -1.74. The van der Waals surface area contributed by atoms with E-state index in [9.17, 15) is 9.59 Å². The Morgan fingerprint density at radius 2 is 0.947 bits per heavy atom. The molecule has 2 aliphatic rings. The zero-order valence-corrected chi connectivity index (χ0v) is 37.4. The van der Waals surface area contributed by atoms with Crippen LogP contribution in [0.5, 0.6) is 0 Å². The molecular weight excluding hydrogens is 760 g/mol. The van der Waals surface area contributed by atoms with Crippen molar-refractivity contribution in [3.63, 3.8) is 0 Å². The summed E-state index contributed by atoms with van der Waals surface area (Å²) in [6.07, 6.45) is 20.2. The van der Waals surface area contributed by atoms with Crippen LogP contribution in [0.4, 0.5) is 28.9 Å². The van der Waals surface area contributed by atoms with Gasteiger partial charge in [-0.2, -0.15) is 0 Å². The minimum atomic E-state index is -5.31. The van der Waals surface area contributed by atoms with E-state index in [1.165, 1.54) is 34.1 Å². The van der Waals surface area contributed by atoms with Crippen molar-refractivity contribution in [3.8, 4) is 0 Å². The molecule has 4 rings (SSSR count). The number of hydrogen-bond donors (Lipinski definition) is 0. The third-order valence-electron chi connectivity index (χ3n) is 13.1. The second kappa shape index (κ2) is 20.6. The fourth-order valence-electron chi connectivity index (χ4n) is 8.42. The number of anilines is 2. The number of unbranched alkanes of at least 4 members (excludes halogenated alkanes) is 6. The van der Waals surface area contributed by atoms with Crippen LogP contribution in [0.2, 0.25) is 0 Å². The van der Waals surface area contributed by atoms with E-state index in [0.29, 0.717) is 46.3 Å². The predicted molar refractivity (Wildman–Crippen MR) is 226 cm³/mol. The number of rotatable bonds is 22. The van der Waals surface area contributed by atoms with Crippen molar-refractivity contribution in [2.24, 2.45) is 10.8 Å². The van der Waals surface area contributed by atoms with Crippen LogP contribution in [0.3, 0.4) is 0 Å². The summed E-state index contributed by atoms with van der Waals surface area (Å²) in [5.74, 6) is -4.21. The van der Waals surface area contributed by atoms with Gasteiger partial charge in [0.2, 0.25) is 0 Å². The number of amides is 2. The Morgan fingerprint density at radius 1 is 0.579 bits per heavy atom. The molecule has 0 atom stereocenters. The van der Waals surface area contributed by atoms with Crippen molar-refractivity contribution in [2.75, 3.05) is 22.9 Å². The molecule has 2 aromatic carbocycles. The summed E-state index contributed by atoms with van der Waals surface area (Å²) in [6, 6.07) is 5.00. The molecule has 57 heavy (non-hydrogen) atoms. The van der Waals surface area contributed by atoms with Gasteiger partial charge in [-0.05, 0) is 0 Å². The van der Waals surface area contributed by atoms with E-state index in [-0.39, 0.29) is 56.9 Å². The van der Waals surface area contributed by atoms with E-state index < -0.39 is 50.7 Å². The maximum absolute atomic E-state index is 18.1. The first-order valence-electron chi connectivity index (χ1n) is 21.6. The molecule has 0 bridgehead atoms. The summed E-state index contributed by atoms with van der Waals surface area (Å²) >= 11 is -5.31. The van der Waals surface area contributed by atoms with Crippen molar-refractivity contribution in [1.29, 1.82) is 0 Å². The van der Waals surface area contributed by atoms with Crippen molar-refractivity contribution >= 4 is 30.9 Å². The molecule has 0 aliphatic heterocycles. The summed E-state index contributed by atoms with van der Waals surface area (Å²) in [7, 11) is 0. The van der Waals surface area contributed by atoms with Crippen LogP contribution in [0, 0.1) is 34.1 Å². The molecule has 0 radical (unpaired) electrons. The van der Waals surface area contributed by atoms with Crippen LogP contribution in [-0.4, -0.2) is 24.9 Å². The first-order chi connectivity index (χ1) is 27.3. The first kappa shape index (κ1) is 46.5. The molecule has 0 unspecified atom stereocenters. The van der Waals surface area contributed by atoms with Gasteiger partial charge in [0.15, 0.2) is 0 Å². The van der Waals surface area contributed by atoms with Gasteiger partial charge in [0, 0.05) is 0 Å². The Bertz CT molecular complexity index is 1720. The predicted octanol–water partition coefficient (Wildman–Crippen LogP) is 12.5. The van der Waals surface area contributed by atoms with E-state index in [0.717, 1.165) is 38.5 Å². The molecule has 312 valence electrons. The van der Waals surface area contributed by atoms with Gasteiger partial charge in [-0.1, -0.05) is 0 Å². The zero-order valence-electron chi connectivity index (χ0n) is 35.8. The number of carbonyl (C=O) groups excluding carboxylic acids is 2. The quantitative estimate of drug-likeness (QED) is 0.0674. The Balaban J connectivity index is 2.12. The molecule has 0 saturated heterocycles. The second-order valence-corrected chi connectivity index (χ2v) is 22.4. The third kappa shape index (κ3) is 9.33. The minimum absolute atomic E-state index is 0.0690. The molecule has 2 amide bonds. The molecule has 9 heteroatoms. The molecule has 2 aliphatic carbocycles. The van der Waals surface area contributed by atoms with E-state index in [2.05, 4.69) is 13.8 Å². The van der Waals surface area contributed by atoms with Gasteiger partial charge in [0.1, 0.15) is 0 Å². The van der Waals surface area contributed by atoms with Crippen molar-refractivity contribution in [3.05, 3.63) is 91.7 Å². The fourth-order valence-corrected chi connectivity index (χ4v) is 16.7. The molecule has 0 N–H and O–H groups in total. The van der Waals surface area contributed by atoms with Gasteiger partial charge in [-0.25, -0.2) is 0 Å². The molecule has 0 spiro atoms. The van der Waals surface area contributed by atoms with Crippen LogP contribution in [0.25, 0.3) is 0 Å². The zero-order chi connectivity index (χ0) is 42.0. The van der Waals surface area contributed by atoms with Gasteiger partial charge in [-0.15, -0.1) is 0 Å². The molecular formula is C48H66F4N2O2Ti. The van der Waals surface area contributed by atoms with E-state index in [4.69, 9.17) is 0 Å². The SMILES string of the molecule is CCCCCCN(C(=O)C(C)(CC)CC)c1ccc(F)[c]([Ti]([C]2=CC=CC2)([C]2=CC=CC2)[c]2c(F)ccc(N(CCCCCC)C(=O)C(C)(CC)CC)c2F)c1F. The van der Waals surface area contributed by atoms with E-state index in [1.807, 2.05) is 53.7 Å². The maximum atomic E-state index is 18.1. The van der Waals surface area contributed by atoms with Gasteiger partial charge in [-0.3, -0.25) is 0 Å². The standard InChI is InChI=1S/2C19H28F2NO.2C5H5.Ti/c2*1-5-8-9-10-13-22(18(23)19(4,6-2)7-3)17-12-11-15(20)14-16(17)21;2*1-2-4-5-3-1;/h2*11-12H,5-10,13H2,1-4H3;2*1-3H,4H2;. The topological polar surface area (TPSA) is 40.6 Å². The summed E-state index contributed by atoms with van der Waals surface area (Å²) in [5, 5.41) is 0. The summed E-state index contributed by atoms with van der Waals surface area (Å²) in [6.45, 7) is 16.1. The molecule has 0 saturated carbocycles. The molecule has 0 heterocycles. The van der Waals surface area contributed by atoms with Crippen molar-refractivity contribution in [1.82, 2.24) is 0 Å². The second-order valence-electron chi connectivity index (χ2n) is 16.5. The Hall–Kier alpha value is -3.23. The van der Waals surface area contributed by atoms with E-state index >= 15 is 17.6 Å². The van der Waals surface area contributed by atoms with Crippen molar-refractivity contribution < 1.29 is 43.7 Å². The van der Waals surface area contributed by atoms with Gasteiger partial charge in [0.25, 0.3) is 0 Å². The Kier molecular flexibility index (Phi) is 16.8. The number of allylic oxidation sites excluding steroid dienone is 8. The molecule has 2 aromatic rings. The number of nitrogens with zero attached hydrogens (tertiary/aromatic N) is 2. The Morgan fingerprint density at radius 3 is 1.25 bits per heavy atom. The average Bonchev–Trinajstić information content (AvgIpc) is 3.97. The molecule has 0 fully saturated rings. The first-order valence-corrected chi connectivity index (χ1v) is 24.7. The normalized spacial score (nSPS) is 14.3.